The van der Waals surface area contributed by atoms with E-state index in [-0.39, 0.29) is 0 Å². The van der Waals surface area contributed by atoms with E-state index in [1.54, 1.807) is 23.9 Å². The Labute approximate surface area is 223 Å². The van der Waals surface area contributed by atoms with Gasteiger partial charge in [-0.05, 0) is 55.3 Å². The SMILES string of the molecule is CCNCCn1cc2c(n1)CCc1c-2sc2ncnc(Nc3ccc(OCc4ccccn4)c(Cl)c3)c12. The maximum absolute atomic E-state index is 6.55. The first-order valence-electron chi connectivity index (χ1n) is 12.3. The molecule has 0 bridgehead atoms. The van der Waals surface area contributed by atoms with Gasteiger partial charge in [0.15, 0.2) is 0 Å². The molecule has 188 valence electrons. The molecule has 0 radical (unpaired) electrons. The minimum atomic E-state index is 0.356. The second-order valence-electron chi connectivity index (χ2n) is 8.80. The van der Waals surface area contributed by atoms with Crippen LogP contribution >= 0.6 is 22.9 Å². The van der Waals surface area contributed by atoms with Gasteiger partial charge in [0.2, 0.25) is 0 Å². The van der Waals surface area contributed by atoms with Crippen LogP contribution < -0.4 is 15.4 Å². The van der Waals surface area contributed by atoms with E-state index in [1.165, 1.54) is 16.0 Å². The Morgan fingerprint density at radius 2 is 2.08 bits per heavy atom. The molecule has 2 N–H and O–H groups in total. The molecule has 37 heavy (non-hydrogen) atoms. The highest BCUT2D eigenvalue weighted by molar-refractivity contribution is 7.22. The highest BCUT2D eigenvalue weighted by Crippen LogP contribution is 2.45. The molecule has 1 aromatic carbocycles. The number of halogens is 1. The number of rotatable bonds is 9. The molecule has 0 atom stereocenters. The monoisotopic (exact) mass is 531 g/mol. The maximum atomic E-state index is 6.55. The van der Waals surface area contributed by atoms with E-state index >= 15 is 0 Å². The summed E-state index contributed by atoms with van der Waals surface area (Å²) in [6.45, 7) is 5.20. The largest absolute Gasteiger partial charge is 0.486 e. The number of ether oxygens (including phenoxy) is 1. The lowest BCUT2D eigenvalue weighted by molar-refractivity contribution is 0.301. The summed E-state index contributed by atoms with van der Waals surface area (Å²) in [5.41, 5.74) is 5.33. The minimum absolute atomic E-state index is 0.356. The van der Waals surface area contributed by atoms with Crippen molar-refractivity contribution in [3.8, 4) is 16.2 Å². The molecule has 5 aromatic rings. The van der Waals surface area contributed by atoms with Crippen molar-refractivity contribution < 1.29 is 4.74 Å². The number of aryl methyl sites for hydroxylation is 2. The van der Waals surface area contributed by atoms with Gasteiger partial charge in [-0.1, -0.05) is 24.6 Å². The zero-order chi connectivity index (χ0) is 25.2. The average Bonchev–Trinajstić information content (AvgIpc) is 3.50. The van der Waals surface area contributed by atoms with E-state index < -0.39 is 0 Å². The number of benzene rings is 1. The van der Waals surface area contributed by atoms with Crippen LogP contribution in [0.15, 0.2) is 55.1 Å². The van der Waals surface area contributed by atoms with E-state index in [2.05, 4.69) is 43.4 Å². The zero-order valence-corrected chi connectivity index (χ0v) is 21.9. The number of aromatic nitrogens is 5. The van der Waals surface area contributed by atoms with Gasteiger partial charge < -0.3 is 15.4 Å². The molecule has 0 aliphatic heterocycles. The van der Waals surface area contributed by atoms with Crippen LogP contribution in [0.5, 0.6) is 5.75 Å². The predicted octanol–water partition coefficient (Wildman–Crippen LogP) is 5.63. The Balaban J connectivity index is 1.25. The molecule has 1 aliphatic rings. The summed E-state index contributed by atoms with van der Waals surface area (Å²) in [4.78, 5) is 15.7. The Bertz CT molecular complexity index is 1550. The van der Waals surface area contributed by atoms with Crippen molar-refractivity contribution in [2.75, 3.05) is 18.4 Å². The first-order valence-corrected chi connectivity index (χ1v) is 13.5. The van der Waals surface area contributed by atoms with Gasteiger partial charge in [-0.3, -0.25) is 9.67 Å². The quantitative estimate of drug-likeness (QED) is 0.238. The van der Waals surface area contributed by atoms with Crippen LogP contribution in [0.25, 0.3) is 20.7 Å². The van der Waals surface area contributed by atoms with Crippen LogP contribution in [0.4, 0.5) is 11.5 Å². The number of fused-ring (bicyclic) bond motifs is 5. The van der Waals surface area contributed by atoms with Crippen molar-refractivity contribution >= 4 is 44.7 Å². The molecule has 0 saturated carbocycles. The summed E-state index contributed by atoms with van der Waals surface area (Å²) < 4.78 is 7.92. The van der Waals surface area contributed by atoms with E-state index in [9.17, 15) is 0 Å². The molecule has 10 heteroatoms. The predicted molar refractivity (Wildman–Crippen MR) is 148 cm³/mol. The molecule has 8 nitrogen and oxygen atoms in total. The van der Waals surface area contributed by atoms with Gasteiger partial charge >= 0.3 is 0 Å². The number of hydrogen-bond acceptors (Lipinski definition) is 8. The molecule has 6 rings (SSSR count). The number of pyridine rings is 1. The van der Waals surface area contributed by atoms with Crippen molar-refractivity contribution in [3.63, 3.8) is 0 Å². The van der Waals surface area contributed by atoms with Crippen LogP contribution in [-0.4, -0.2) is 37.8 Å². The second-order valence-corrected chi connectivity index (χ2v) is 10.2. The topological polar surface area (TPSA) is 89.8 Å². The molecule has 0 amide bonds. The second kappa shape index (κ2) is 10.5. The fourth-order valence-electron chi connectivity index (χ4n) is 4.57. The van der Waals surface area contributed by atoms with Gasteiger partial charge in [-0.25, -0.2) is 9.97 Å². The molecule has 0 spiro atoms. The van der Waals surface area contributed by atoms with Crippen molar-refractivity contribution in [2.45, 2.75) is 32.9 Å². The van der Waals surface area contributed by atoms with Crippen LogP contribution in [0.3, 0.4) is 0 Å². The lowest BCUT2D eigenvalue weighted by Gasteiger charge is -2.13. The smallest absolute Gasteiger partial charge is 0.142 e. The van der Waals surface area contributed by atoms with Crippen molar-refractivity contribution in [2.24, 2.45) is 0 Å². The van der Waals surface area contributed by atoms with Gasteiger partial charge in [-0.15, -0.1) is 11.3 Å². The lowest BCUT2D eigenvalue weighted by atomic mass is 9.95. The van der Waals surface area contributed by atoms with Gasteiger partial charge in [0.25, 0.3) is 0 Å². The van der Waals surface area contributed by atoms with Gasteiger partial charge in [-0.2, -0.15) is 5.10 Å². The van der Waals surface area contributed by atoms with Gasteiger partial charge in [0, 0.05) is 35.1 Å². The summed E-state index contributed by atoms with van der Waals surface area (Å²) in [5.74, 6) is 1.39. The molecule has 0 saturated heterocycles. The zero-order valence-electron chi connectivity index (χ0n) is 20.4. The maximum Gasteiger partial charge on any atom is 0.142 e. The third-order valence-corrected chi connectivity index (χ3v) is 7.81. The molecular formula is C27H26ClN7OS. The molecule has 0 fully saturated rings. The van der Waals surface area contributed by atoms with Crippen molar-refractivity contribution in [1.29, 1.82) is 0 Å². The van der Waals surface area contributed by atoms with Crippen LogP contribution in [0.2, 0.25) is 5.02 Å². The van der Waals surface area contributed by atoms with Crippen LogP contribution in [0, 0.1) is 0 Å². The summed E-state index contributed by atoms with van der Waals surface area (Å²) in [7, 11) is 0. The van der Waals surface area contributed by atoms with Gasteiger partial charge in [0.1, 0.15) is 29.3 Å². The third kappa shape index (κ3) is 4.90. The van der Waals surface area contributed by atoms with Crippen LogP contribution in [0.1, 0.15) is 23.9 Å². The third-order valence-electron chi connectivity index (χ3n) is 6.35. The lowest BCUT2D eigenvalue weighted by Crippen LogP contribution is -2.19. The number of hydrogen-bond donors (Lipinski definition) is 2. The number of nitrogens with one attached hydrogen (secondary N) is 2. The summed E-state index contributed by atoms with van der Waals surface area (Å²) >= 11 is 8.26. The fourth-order valence-corrected chi connectivity index (χ4v) is 6.03. The molecule has 1 aliphatic carbocycles. The minimum Gasteiger partial charge on any atom is -0.486 e. The first kappa shape index (κ1) is 23.8. The Morgan fingerprint density at radius 3 is 2.92 bits per heavy atom. The average molecular weight is 532 g/mol. The highest BCUT2D eigenvalue weighted by atomic mass is 35.5. The van der Waals surface area contributed by atoms with Gasteiger partial charge in [0.05, 0.1) is 28.3 Å². The number of anilines is 2. The normalized spacial score (nSPS) is 12.4. The standard InChI is InChI=1S/C27H26ClN7OS/c1-2-29-11-12-35-14-20-22(34-35)8-7-19-24-26(31-16-32-27(24)37-25(19)20)33-17-6-9-23(21(28)13-17)36-15-18-5-3-4-10-30-18/h3-6,9-10,13-14,16,29H,2,7-8,11-12,15H2,1H3,(H,31,32,33). The highest BCUT2D eigenvalue weighted by Gasteiger charge is 2.26. The number of thiophene rings is 1. The van der Waals surface area contributed by atoms with E-state index in [0.29, 0.717) is 17.4 Å². The molecule has 4 aromatic heterocycles. The Kier molecular flexibility index (Phi) is 6.73. The molecule has 0 unspecified atom stereocenters. The first-order chi connectivity index (χ1) is 18.2. The molecular weight excluding hydrogens is 506 g/mol. The van der Waals surface area contributed by atoms with Crippen molar-refractivity contribution in [1.82, 2.24) is 30.0 Å². The van der Waals surface area contributed by atoms with Crippen LogP contribution in [-0.2, 0) is 26.0 Å². The Morgan fingerprint density at radius 1 is 1.14 bits per heavy atom. The number of nitrogens with zero attached hydrogens (tertiary/aromatic N) is 5. The Hall–Kier alpha value is -3.53. The summed E-state index contributed by atoms with van der Waals surface area (Å²) in [6, 6.07) is 11.4. The van der Waals surface area contributed by atoms with E-state index in [1.807, 2.05) is 36.4 Å². The van der Waals surface area contributed by atoms with Crippen molar-refractivity contribution in [3.05, 3.63) is 77.1 Å². The summed E-state index contributed by atoms with van der Waals surface area (Å²) in [6.07, 6.45) is 7.35. The number of likely N-dealkylation sites (N-methyl/N-ethyl adjacent to an activating group) is 1. The summed E-state index contributed by atoms with van der Waals surface area (Å²) in [5, 5.41) is 13.3. The fraction of sp³-hybridized carbons (Fsp3) is 0.259. The molecule has 4 heterocycles. The van der Waals surface area contributed by atoms with E-state index in [4.69, 9.17) is 21.4 Å². The van der Waals surface area contributed by atoms with E-state index in [0.717, 1.165) is 65.6 Å².